The molecule has 4 nitrogen and oxygen atoms in total. The Balaban J connectivity index is 2.42. The van der Waals surface area contributed by atoms with E-state index in [1.54, 1.807) is 11.3 Å². The van der Waals surface area contributed by atoms with E-state index >= 15 is 0 Å². The van der Waals surface area contributed by atoms with Crippen molar-refractivity contribution in [1.29, 1.82) is 0 Å². The van der Waals surface area contributed by atoms with Crippen LogP contribution >= 0.6 is 22.9 Å². The number of nitrogens with one attached hydrogen (secondary N) is 1. The van der Waals surface area contributed by atoms with E-state index in [0.29, 0.717) is 0 Å². The van der Waals surface area contributed by atoms with Gasteiger partial charge in [0.25, 0.3) is 0 Å². The lowest BCUT2D eigenvalue weighted by Crippen LogP contribution is -2.30. The maximum Gasteiger partial charge on any atom is 0.0861 e. The normalized spacial score (nSPS) is 13.9. The van der Waals surface area contributed by atoms with Gasteiger partial charge < -0.3 is 0 Å². The molecule has 0 fully saturated rings. The fraction of sp³-hybridized carbons (Fsp3) is 0.455. The summed E-state index contributed by atoms with van der Waals surface area (Å²) in [5, 5.41) is 8.38. The fourth-order valence-electron chi connectivity index (χ4n) is 1.67. The largest absolute Gasteiger partial charge is 0.271 e. The standard InChI is InChI=1S/C11H16N4S2/c1-11(2,3)10-9(17-15-14-10)8(13-12)7-4-5-16-6-7/h4-6,8,13H,12H2,1-3H3. The Labute approximate surface area is 109 Å². The van der Waals surface area contributed by atoms with Crippen LogP contribution in [0.3, 0.4) is 0 Å². The first kappa shape index (κ1) is 12.6. The lowest BCUT2D eigenvalue weighted by atomic mass is 9.89. The molecule has 3 N–H and O–H groups in total. The average Bonchev–Trinajstić information content (AvgIpc) is 2.87. The van der Waals surface area contributed by atoms with Gasteiger partial charge in [0.1, 0.15) is 0 Å². The van der Waals surface area contributed by atoms with Crippen molar-refractivity contribution in [3.8, 4) is 0 Å². The van der Waals surface area contributed by atoms with Gasteiger partial charge in [-0.2, -0.15) is 11.3 Å². The van der Waals surface area contributed by atoms with Crippen molar-refractivity contribution < 1.29 is 0 Å². The van der Waals surface area contributed by atoms with Crippen LogP contribution in [-0.2, 0) is 5.41 Å². The van der Waals surface area contributed by atoms with E-state index < -0.39 is 0 Å². The summed E-state index contributed by atoms with van der Waals surface area (Å²) in [5.74, 6) is 5.67. The third kappa shape index (κ3) is 2.55. The van der Waals surface area contributed by atoms with Gasteiger partial charge in [-0.3, -0.25) is 5.84 Å². The predicted octanol–water partition coefficient (Wildman–Crippen LogP) is 2.45. The molecule has 2 aromatic heterocycles. The van der Waals surface area contributed by atoms with Gasteiger partial charge in [-0.05, 0) is 33.9 Å². The molecule has 92 valence electrons. The molecule has 0 saturated heterocycles. The molecular formula is C11H16N4S2. The summed E-state index contributed by atoms with van der Waals surface area (Å²) >= 11 is 3.07. The van der Waals surface area contributed by atoms with Crippen molar-refractivity contribution >= 4 is 22.9 Å². The first-order valence-electron chi connectivity index (χ1n) is 5.35. The van der Waals surface area contributed by atoms with Crippen molar-refractivity contribution in [1.82, 2.24) is 15.0 Å². The Bertz CT molecular complexity index is 470. The topological polar surface area (TPSA) is 63.8 Å². The Morgan fingerprint density at radius 3 is 2.71 bits per heavy atom. The summed E-state index contributed by atoms with van der Waals surface area (Å²) in [6, 6.07) is 2.05. The number of rotatable bonds is 3. The summed E-state index contributed by atoms with van der Waals surface area (Å²) in [4.78, 5) is 1.10. The van der Waals surface area contributed by atoms with E-state index in [0.717, 1.165) is 16.1 Å². The van der Waals surface area contributed by atoms with E-state index in [2.05, 4.69) is 47.2 Å². The molecule has 0 aromatic carbocycles. The molecule has 17 heavy (non-hydrogen) atoms. The lowest BCUT2D eigenvalue weighted by Gasteiger charge is -2.20. The zero-order valence-electron chi connectivity index (χ0n) is 10.1. The summed E-state index contributed by atoms with van der Waals surface area (Å²) in [6.45, 7) is 6.40. The van der Waals surface area contributed by atoms with Crippen LogP contribution in [0.4, 0.5) is 0 Å². The fourth-order valence-corrected chi connectivity index (χ4v) is 3.31. The molecule has 6 heteroatoms. The minimum absolute atomic E-state index is 0.0181. The van der Waals surface area contributed by atoms with E-state index in [-0.39, 0.29) is 11.5 Å². The Kier molecular flexibility index (Phi) is 3.58. The zero-order valence-corrected chi connectivity index (χ0v) is 11.7. The highest BCUT2D eigenvalue weighted by Gasteiger charge is 2.27. The number of nitrogens with two attached hydrogens (primary N) is 1. The first-order chi connectivity index (χ1) is 8.04. The average molecular weight is 268 g/mol. The molecule has 1 unspecified atom stereocenters. The second-order valence-corrected chi connectivity index (χ2v) is 6.46. The number of aromatic nitrogens is 2. The van der Waals surface area contributed by atoms with E-state index in [1.807, 2.05) is 5.38 Å². The van der Waals surface area contributed by atoms with Crippen LogP contribution in [0.2, 0.25) is 0 Å². The second-order valence-electron chi connectivity index (χ2n) is 4.89. The minimum atomic E-state index is -0.0204. The van der Waals surface area contributed by atoms with Crippen LogP contribution in [0.15, 0.2) is 16.8 Å². The number of hydrogen-bond donors (Lipinski definition) is 2. The highest BCUT2D eigenvalue weighted by atomic mass is 32.1. The SMILES string of the molecule is CC(C)(C)c1nnsc1C(NN)c1ccsc1. The molecule has 2 rings (SSSR count). The Hall–Kier alpha value is -0.820. The lowest BCUT2D eigenvalue weighted by molar-refractivity contribution is 0.544. The van der Waals surface area contributed by atoms with Crippen molar-refractivity contribution in [3.63, 3.8) is 0 Å². The molecule has 0 aliphatic carbocycles. The van der Waals surface area contributed by atoms with Crippen LogP contribution in [0.5, 0.6) is 0 Å². The van der Waals surface area contributed by atoms with E-state index in [9.17, 15) is 0 Å². The monoisotopic (exact) mass is 268 g/mol. The molecule has 0 amide bonds. The quantitative estimate of drug-likeness (QED) is 0.663. The molecule has 0 aliphatic rings. The van der Waals surface area contributed by atoms with Crippen LogP contribution in [-0.4, -0.2) is 9.59 Å². The van der Waals surface area contributed by atoms with Crippen molar-refractivity contribution in [2.75, 3.05) is 0 Å². The zero-order chi connectivity index (χ0) is 12.5. The van der Waals surface area contributed by atoms with Crippen molar-refractivity contribution in [2.45, 2.75) is 32.2 Å². The highest BCUT2D eigenvalue weighted by Crippen LogP contribution is 2.33. The molecule has 0 spiro atoms. The molecule has 2 aromatic rings. The summed E-state index contributed by atoms with van der Waals surface area (Å²) in [5.41, 5.74) is 5.01. The summed E-state index contributed by atoms with van der Waals surface area (Å²) in [6.07, 6.45) is 0. The second kappa shape index (κ2) is 4.81. The number of hydrazine groups is 1. The maximum atomic E-state index is 5.67. The Morgan fingerprint density at radius 2 is 2.18 bits per heavy atom. The van der Waals surface area contributed by atoms with Gasteiger partial charge in [-0.15, -0.1) is 5.10 Å². The van der Waals surface area contributed by atoms with Crippen LogP contribution in [0, 0.1) is 0 Å². The van der Waals surface area contributed by atoms with E-state index in [1.165, 1.54) is 11.5 Å². The highest BCUT2D eigenvalue weighted by molar-refractivity contribution is 7.08. The number of hydrogen-bond acceptors (Lipinski definition) is 6. The minimum Gasteiger partial charge on any atom is -0.271 e. The third-order valence-electron chi connectivity index (χ3n) is 2.53. The molecule has 0 saturated carbocycles. The first-order valence-corrected chi connectivity index (χ1v) is 7.06. The van der Waals surface area contributed by atoms with Gasteiger partial charge in [0, 0.05) is 5.41 Å². The maximum absolute atomic E-state index is 5.67. The summed E-state index contributed by atoms with van der Waals surface area (Å²) < 4.78 is 4.07. The molecular weight excluding hydrogens is 252 g/mol. The molecule has 0 radical (unpaired) electrons. The van der Waals surface area contributed by atoms with Gasteiger partial charge in [-0.25, -0.2) is 5.43 Å². The predicted molar refractivity (Wildman–Crippen MR) is 72.1 cm³/mol. The molecule has 0 bridgehead atoms. The van der Waals surface area contributed by atoms with Gasteiger partial charge in [0.15, 0.2) is 0 Å². The smallest absolute Gasteiger partial charge is 0.0861 e. The van der Waals surface area contributed by atoms with Crippen molar-refractivity contribution in [2.24, 2.45) is 5.84 Å². The third-order valence-corrected chi connectivity index (χ3v) is 4.02. The Morgan fingerprint density at radius 1 is 1.41 bits per heavy atom. The van der Waals surface area contributed by atoms with Gasteiger partial charge >= 0.3 is 0 Å². The molecule has 0 aliphatic heterocycles. The van der Waals surface area contributed by atoms with Crippen molar-refractivity contribution in [3.05, 3.63) is 33.0 Å². The van der Waals surface area contributed by atoms with Crippen LogP contribution in [0.25, 0.3) is 0 Å². The number of nitrogens with zero attached hydrogens (tertiary/aromatic N) is 2. The van der Waals surface area contributed by atoms with Gasteiger partial charge in [0.05, 0.1) is 16.6 Å². The molecule has 1 atom stereocenters. The van der Waals surface area contributed by atoms with Crippen LogP contribution < -0.4 is 11.3 Å². The summed E-state index contributed by atoms with van der Waals surface area (Å²) in [7, 11) is 0. The van der Waals surface area contributed by atoms with Gasteiger partial charge in [0.2, 0.25) is 0 Å². The molecule has 2 heterocycles. The number of thiophene rings is 1. The van der Waals surface area contributed by atoms with E-state index in [4.69, 9.17) is 5.84 Å². The van der Waals surface area contributed by atoms with Crippen LogP contribution in [0.1, 0.15) is 42.9 Å². The van der Waals surface area contributed by atoms with Gasteiger partial charge in [-0.1, -0.05) is 25.3 Å².